The van der Waals surface area contributed by atoms with Gasteiger partial charge in [0.15, 0.2) is 0 Å². The SMILES string of the molecule is CCOC(=O)c1ccc(N2C(=O)C(=O)/C(=C(\O)c3ccc(OC)nc3)C2c2ccccc2)cc1. The number of carbonyl (C=O) groups is 3. The molecule has 0 radical (unpaired) electrons. The van der Waals surface area contributed by atoms with Crippen molar-refractivity contribution in [2.45, 2.75) is 13.0 Å². The van der Waals surface area contributed by atoms with Crippen LogP contribution in [0.4, 0.5) is 5.69 Å². The van der Waals surface area contributed by atoms with Gasteiger partial charge in [-0.05, 0) is 42.8 Å². The highest BCUT2D eigenvalue weighted by atomic mass is 16.5. The molecule has 1 N–H and O–H groups in total. The van der Waals surface area contributed by atoms with Crippen LogP contribution < -0.4 is 9.64 Å². The van der Waals surface area contributed by atoms with Gasteiger partial charge in [-0.3, -0.25) is 14.5 Å². The number of esters is 1. The number of aliphatic hydroxyl groups is 1. The highest BCUT2D eigenvalue weighted by Crippen LogP contribution is 2.42. The first-order valence-corrected chi connectivity index (χ1v) is 10.6. The van der Waals surface area contributed by atoms with Gasteiger partial charge < -0.3 is 14.6 Å². The Morgan fingerprint density at radius 3 is 2.26 bits per heavy atom. The number of ketones is 1. The van der Waals surface area contributed by atoms with E-state index < -0.39 is 23.7 Å². The number of hydrogen-bond donors (Lipinski definition) is 1. The molecule has 1 aromatic heterocycles. The van der Waals surface area contributed by atoms with Crippen molar-refractivity contribution in [3.63, 3.8) is 0 Å². The molecule has 1 amide bonds. The number of hydrogen-bond acceptors (Lipinski definition) is 7. The average molecular weight is 458 g/mol. The van der Waals surface area contributed by atoms with E-state index in [0.717, 1.165) is 0 Å². The number of methoxy groups -OCH3 is 1. The summed E-state index contributed by atoms with van der Waals surface area (Å²) in [5.74, 6) is -2.09. The number of rotatable bonds is 6. The van der Waals surface area contributed by atoms with Crippen LogP contribution in [0, 0.1) is 0 Å². The molecule has 172 valence electrons. The molecule has 0 aliphatic carbocycles. The number of aliphatic hydroxyl groups excluding tert-OH is 1. The molecule has 34 heavy (non-hydrogen) atoms. The van der Waals surface area contributed by atoms with E-state index in [0.29, 0.717) is 22.7 Å². The minimum atomic E-state index is -0.878. The van der Waals surface area contributed by atoms with Crippen LogP contribution in [-0.2, 0) is 14.3 Å². The number of aromatic nitrogens is 1. The quantitative estimate of drug-likeness (QED) is 0.258. The van der Waals surface area contributed by atoms with Gasteiger partial charge in [0.05, 0.1) is 30.9 Å². The molecule has 3 aromatic rings. The maximum atomic E-state index is 13.2. The Morgan fingerprint density at radius 2 is 1.68 bits per heavy atom. The number of amides is 1. The van der Waals surface area contributed by atoms with Crippen molar-refractivity contribution in [1.82, 2.24) is 4.98 Å². The summed E-state index contributed by atoms with van der Waals surface area (Å²) in [7, 11) is 1.47. The van der Waals surface area contributed by atoms with Gasteiger partial charge in [0, 0.05) is 23.5 Å². The average Bonchev–Trinajstić information content (AvgIpc) is 3.14. The van der Waals surface area contributed by atoms with E-state index in [1.165, 1.54) is 30.3 Å². The number of nitrogens with zero attached hydrogens (tertiary/aromatic N) is 2. The van der Waals surface area contributed by atoms with Crippen molar-refractivity contribution >= 4 is 29.1 Å². The monoisotopic (exact) mass is 458 g/mol. The van der Waals surface area contributed by atoms with Crippen molar-refractivity contribution in [2.75, 3.05) is 18.6 Å². The van der Waals surface area contributed by atoms with Gasteiger partial charge in [-0.1, -0.05) is 30.3 Å². The second-order valence-corrected chi connectivity index (χ2v) is 7.44. The van der Waals surface area contributed by atoms with E-state index >= 15 is 0 Å². The number of benzene rings is 2. The second kappa shape index (κ2) is 9.58. The Hall–Kier alpha value is -4.46. The maximum Gasteiger partial charge on any atom is 0.338 e. The summed E-state index contributed by atoms with van der Waals surface area (Å²) >= 11 is 0. The van der Waals surface area contributed by atoms with E-state index in [9.17, 15) is 19.5 Å². The fourth-order valence-corrected chi connectivity index (χ4v) is 3.82. The molecule has 1 unspecified atom stereocenters. The molecule has 2 heterocycles. The third-order valence-electron chi connectivity index (χ3n) is 5.44. The molecule has 1 atom stereocenters. The first-order chi connectivity index (χ1) is 16.5. The van der Waals surface area contributed by atoms with Gasteiger partial charge in [-0.25, -0.2) is 9.78 Å². The number of ether oxygens (including phenoxy) is 2. The molecule has 4 rings (SSSR count). The predicted octanol–water partition coefficient (Wildman–Crippen LogP) is 3.89. The van der Waals surface area contributed by atoms with Gasteiger partial charge in [0.25, 0.3) is 11.7 Å². The summed E-state index contributed by atoms with van der Waals surface area (Å²) in [5, 5.41) is 11.1. The van der Waals surface area contributed by atoms with Crippen molar-refractivity contribution in [3.8, 4) is 5.88 Å². The van der Waals surface area contributed by atoms with Gasteiger partial charge in [0.1, 0.15) is 5.76 Å². The molecule has 8 nitrogen and oxygen atoms in total. The maximum absolute atomic E-state index is 13.2. The van der Waals surface area contributed by atoms with Crippen LogP contribution in [0.1, 0.15) is 34.5 Å². The van der Waals surface area contributed by atoms with Gasteiger partial charge >= 0.3 is 5.97 Å². The first-order valence-electron chi connectivity index (χ1n) is 10.6. The third kappa shape index (κ3) is 4.13. The molecular weight excluding hydrogens is 436 g/mol. The molecular formula is C26H22N2O6. The summed E-state index contributed by atoms with van der Waals surface area (Å²) in [6, 6.07) is 17.4. The Balaban J connectivity index is 1.83. The molecule has 2 aromatic carbocycles. The van der Waals surface area contributed by atoms with Crippen LogP contribution >= 0.6 is 0 Å². The number of anilines is 1. The Kier molecular flexibility index (Phi) is 6.40. The zero-order chi connectivity index (χ0) is 24.2. The van der Waals surface area contributed by atoms with E-state index in [2.05, 4.69) is 4.98 Å². The molecule has 8 heteroatoms. The third-order valence-corrected chi connectivity index (χ3v) is 5.44. The Labute approximate surface area is 196 Å². The number of carbonyl (C=O) groups excluding carboxylic acids is 3. The van der Waals surface area contributed by atoms with Crippen LogP contribution in [0.3, 0.4) is 0 Å². The summed E-state index contributed by atoms with van der Waals surface area (Å²) in [6.07, 6.45) is 1.37. The second-order valence-electron chi connectivity index (χ2n) is 7.44. The van der Waals surface area contributed by atoms with Crippen molar-refractivity contribution in [3.05, 3.63) is 95.2 Å². The van der Waals surface area contributed by atoms with Crippen molar-refractivity contribution < 1.29 is 29.0 Å². The van der Waals surface area contributed by atoms with Crippen molar-refractivity contribution in [2.24, 2.45) is 0 Å². The summed E-state index contributed by atoms with van der Waals surface area (Å²) in [6.45, 7) is 1.95. The minimum Gasteiger partial charge on any atom is -0.507 e. The highest BCUT2D eigenvalue weighted by Gasteiger charge is 2.47. The van der Waals surface area contributed by atoms with Crippen LogP contribution in [-0.4, -0.2) is 41.5 Å². The lowest BCUT2D eigenvalue weighted by Crippen LogP contribution is -2.29. The Bertz CT molecular complexity index is 1250. The van der Waals surface area contributed by atoms with Gasteiger partial charge in [-0.15, -0.1) is 0 Å². The van der Waals surface area contributed by atoms with Crippen LogP contribution in [0.15, 0.2) is 78.5 Å². The molecule has 0 bridgehead atoms. The van der Waals surface area contributed by atoms with Gasteiger partial charge in [0.2, 0.25) is 5.88 Å². The standard InChI is InChI=1S/C26H22N2O6/c1-3-34-26(32)17-9-12-19(13-10-17)28-22(16-7-5-4-6-8-16)21(24(30)25(28)31)23(29)18-11-14-20(33-2)27-15-18/h4-15,22,29H,3H2,1-2H3/b23-21-. The van der Waals surface area contributed by atoms with Gasteiger partial charge in [-0.2, -0.15) is 0 Å². The zero-order valence-corrected chi connectivity index (χ0v) is 18.6. The lowest BCUT2D eigenvalue weighted by molar-refractivity contribution is -0.132. The molecule has 1 saturated heterocycles. The summed E-state index contributed by atoms with van der Waals surface area (Å²) in [5.41, 5.74) is 1.58. The van der Waals surface area contributed by atoms with E-state index in [-0.39, 0.29) is 23.5 Å². The molecule has 0 spiro atoms. The molecule has 1 aliphatic heterocycles. The summed E-state index contributed by atoms with van der Waals surface area (Å²) < 4.78 is 10.1. The minimum absolute atomic E-state index is 0.0577. The zero-order valence-electron chi connectivity index (χ0n) is 18.6. The van der Waals surface area contributed by atoms with E-state index in [1.54, 1.807) is 55.5 Å². The first kappa shape index (κ1) is 22.7. The lowest BCUT2D eigenvalue weighted by atomic mass is 9.95. The largest absolute Gasteiger partial charge is 0.507 e. The fourth-order valence-electron chi connectivity index (χ4n) is 3.82. The summed E-state index contributed by atoms with van der Waals surface area (Å²) in [4.78, 5) is 43.7. The highest BCUT2D eigenvalue weighted by molar-refractivity contribution is 6.51. The lowest BCUT2D eigenvalue weighted by Gasteiger charge is -2.25. The fraction of sp³-hybridized carbons (Fsp3) is 0.154. The smallest absolute Gasteiger partial charge is 0.338 e. The number of pyridine rings is 1. The van der Waals surface area contributed by atoms with Crippen molar-refractivity contribution in [1.29, 1.82) is 0 Å². The molecule has 0 saturated carbocycles. The van der Waals surface area contributed by atoms with Crippen LogP contribution in [0.25, 0.3) is 5.76 Å². The molecule has 1 fully saturated rings. The Morgan fingerprint density at radius 1 is 1.00 bits per heavy atom. The normalized spacial score (nSPS) is 17.0. The van der Waals surface area contributed by atoms with Crippen LogP contribution in [0.5, 0.6) is 5.88 Å². The molecule has 1 aliphatic rings. The number of Topliss-reactive ketones (excluding diaryl/α,β-unsaturated/α-hetero) is 1. The van der Waals surface area contributed by atoms with E-state index in [4.69, 9.17) is 9.47 Å². The predicted molar refractivity (Wildman–Crippen MR) is 124 cm³/mol. The topological polar surface area (TPSA) is 106 Å². The van der Waals surface area contributed by atoms with E-state index in [1.807, 2.05) is 6.07 Å². The van der Waals surface area contributed by atoms with Crippen LogP contribution in [0.2, 0.25) is 0 Å².